The lowest BCUT2D eigenvalue weighted by molar-refractivity contribution is 0.321. The Kier molecular flexibility index (Phi) is 1.34. The lowest BCUT2D eigenvalue weighted by atomic mass is 9.84. The molecule has 2 unspecified atom stereocenters. The van der Waals surface area contributed by atoms with Gasteiger partial charge >= 0.3 is 0 Å². The van der Waals surface area contributed by atoms with Crippen molar-refractivity contribution >= 4 is 45.2 Å². The summed E-state index contributed by atoms with van der Waals surface area (Å²) in [7, 11) is 0. The zero-order valence-corrected chi connectivity index (χ0v) is 8.85. The second kappa shape index (κ2) is 1.74. The lowest BCUT2D eigenvalue weighted by Gasteiger charge is -2.40. The van der Waals surface area contributed by atoms with Crippen LogP contribution < -0.4 is 0 Å². The fourth-order valence-corrected chi connectivity index (χ4v) is 4.12. The molecule has 0 amide bonds. The Hall–Kier alpha value is 1.46. The van der Waals surface area contributed by atoms with Gasteiger partial charge in [0.25, 0.3) is 0 Å². The standard InChI is InChI=1S/C6H8I2/c7-6(8)4-1-2-5(6)3-4/h4-5H,1-3H2. The van der Waals surface area contributed by atoms with Gasteiger partial charge in [0.1, 0.15) is 0 Å². The summed E-state index contributed by atoms with van der Waals surface area (Å²) in [6, 6.07) is 0. The largest absolute Gasteiger partial charge is 0.0790 e. The smallest absolute Gasteiger partial charge is 0.0666 e. The zero-order chi connectivity index (χ0) is 5.78. The van der Waals surface area contributed by atoms with Crippen LogP contribution in [0.4, 0.5) is 0 Å². The molecule has 3 rings (SSSR count). The zero-order valence-electron chi connectivity index (χ0n) is 4.53. The number of halogens is 2. The van der Waals surface area contributed by atoms with Crippen LogP contribution in [0.2, 0.25) is 0 Å². The highest BCUT2D eigenvalue weighted by Crippen LogP contribution is 2.65. The quantitative estimate of drug-likeness (QED) is 0.472. The maximum absolute atomic E-state index is 2.63. The number of hydrogen-bond acceptors (Lipinski definition) is 0. The molecule has 0 radical (unpaired) electrons. The first kappa shape index (κ1) is 6.19. The van der Waals surface area contributed by atoms with E-state index < -0.39 is 0 Å². The number of fused-ring (bicyclic) bond motifs is 1. The van der Waals surface area contributed by atoms with Gasteiger partial charge < -0.3 is 0 Å². The van der Waals surface area contributed by atoms with E-state index in [9.17, 15) is 0 Å². The SMILES string of the molecule is IC1(I)C2CCC1C2. The van der Waals surface area contributed by atoms with Crippen molar-refractivity contribution in [1.82, 2.24) is 0 Å². The van der Waals surface area contributed by atoms with Gasteiger partial charge in [0.2, 0.25) is 0 Å². The Morgan fingerprint density at radius 2 is 1.62 bits per heavy atom. The molecule has 0 nitrogen and oxygen atoms in total. The van der Waals surface area contributed by atoms with Crippen LogP contribution in [-0.2, 0) is 0 Å². The third-order valence-electron chi connectivity index (χ3n) is 2.52. The Bertz CT molecular complexity index is 104. The summed E-state index contributed by atoms with van der Waals surface area (Å²) in [5, 5.41) is 0. The van der Waals surface area contributed by atoms with Gasteiger partial charge in [0.15, 0.2) is 0 Å². The molecule has 46 valence electrons. The maximum atomic E-state index is 2.63. The van der Waals surface area contributed by atoms with Crippen molar-refractivity contribution < 1.29 is 0 Å². The van der Waals surface area contributed by atoms with E-state index in [1.807, 2.05) is 0 Å². The molecule has 2 bridgehead atoms. The molecule has 2 atom stereocenters. The molecule has 0 spiro atoms. The van der Waals surface area contributed by atoms with Crippen LogP contribution in [0.15, 0.2) is 0 Å². The van der Waals surface area contributed by atoms with Crippen molar-refractivity contribution in [2.24, 2.45) is 11.8 Å². The normalized spacial score (nSPS) is 48.8. The second-order valence-electron chi connectivity index (χ2n) is 2.88. The minimum Gasteiger partial charge on any atom is -0.0666 e. The highest BCUT2D eigenvalue weighted by atomic mass is 127. The topological polar surface area (TPSA) is 0 Å². The Morgan fingerprint density at radius 3 is 1.75 bits per heavy atom. The predicted octanol–water partition coefficient (Wildman–Crippen LogP) is 2.98. The minimum atomic E-state index is 0.690. The molecular formula is C6H8I2. The van der Waals surface area contributed by atoms with Crippen LogP contribution in [0.1, 0.15) is 19.3 Å². The van der Waals surface area contributed by atoms with Crippen LogP contribution in [0.5, 0.6) is 0 Å². The summed E-state index contributed by atoms with van der Waals surface area (Å²) in [5.74, 6) is 2.15. The van der Waals surface area contributed by atoms with Crippen LogP contribution >= 0.6 is 45.2 Å². The highest BCUT2D eigenvalue weighted by Gasteiger charge is 2.55. The van der Waals surface area contributed by atoms with Gasteiger partial charge in [-0.3, -0.25) is 0 Å². The molecule has 3 aliphatic rings. The first-order chi connectivity index (χ1) is 3.71. The molecule has 3 saturated carbocycles. The van der Waals surface area contributed by atoms with Gasteiger partial charge in [-0.25, -0.2) is 0 Å². The summed E-state index contributed by atoms with van der Waals surface area (Å²) in [6.07, 6.45) is 4.55. The molecule has 0 heterocycles. The van der Waals surface area contributed by atoms with Crippen LogP contribution in [0.3, 0.4) is 0 Å². The number of rotatable bonds is 0. The molecule has 0 aliphatic heterocycles. The summed E-state index contributed by atoms with van der Waals surface area (Å²) < 4.78 is 0.690. The highest BCUT2D eigenvalue weighted by molar-refractivity contribution is 14.2. The summed E-state index contributed by atoms with van der Waals surface area (Å²) in [4.78, 5) is 0. The molecule has 3 aliphatic carbocycles. The molecule has 3 fully saturated rings. The third kappa shape index (κ3) is 0.617. The lowest BCUT2D eigenvalue weighted by Crippen LogP contribution is -2.37. The van der Waals surface area contributed by atoms with Gasteiger partial charge in [0.05, 0.1) is 1.43 Å². The molecular weight excluding hydrogens is 326 g/mol. The van der Waals surface area contributed by atoms with Crippen molar-refractivity contribution in [3.8, 4) is 0 Å². The summed E-state index contributed by atoms with van der Waals surface area (Å²) in [5.41, 5.74) is 0. The van der Waals surface area contributed by atoms with Crippen molar-refractivity contribution in [2.45, 2.75) is 20.7 Å². The van der Waals surface area contributed by atoms with E-state index >= 15 is 0 Å². The summed E-state index contributed by atoms with van der Waals surface area (Å²) in [6.45, 7) is 0. The molecule has 0 aromatic rings. The van der Waals surface area contributed by atoms with Crippen molar-refractivity contribution in [3.05, 3.63) is 0 Å². The van der Waals surface area contributed by atoms with E-state index in [1.165, 1.54) is 19.3 Å². The third-order valence-corrected chi connectivity index (χ3v) is 6.04. The Balaban J connectivity index is 2.23. The van der Waals surface area contributed by atoms with E-state index in [4.69, 9.17) is 0 Å². The van der Waals surface area contributed by atoms with Gasteiger partial charge in [-0.2, -0.15) is 0 Å². The summed E-state index contributed by atoms with van der Waals surface area (Å²) >= 11 is 5.26. The average molecular weight is 334 g/mol. The first-order valence-corrected chi connectivity index (χ1v) is 5.25. The van der Waals surface area contributed by atoms with Gasteiger partial charge in [-0.05, 0) is 31.1 Å². The average Bonchev–Trinajstić information content (AvgIpc) is 2.18. The van der Waals surface area contributed by atoms with E-state index in [-0.39, 0.29) is 0 Å². The predicted molar refractivity (Wildman–Crippen MR) is 51.6 cm³/mol. The fraction of sp³-hybridized carbons (Fsp3) is 1.00. The van der Waals surface area contributed by atoms with Gasteiger partial charge in [-0.1, -0.05) is 45.2 Å². The molecule has 0 saturated heterocycles. The van der Waals surface area contributed by atoms with E-state index in [1.54, 1.807) is 0 Å². The Labute approximate surface area is 77.1 Å². The van der Waals surface area contributed by atoms with E-state index in [0.717, 1.165) is 11.8 Å². The second-order valence-corrected chi connectivity index (χ2v) is 8.52. The van der Waals surface area contributed by atoms with Gasteiger partial charge in [-0.15, -0.1) is 0 Å². The minimum absolute atomic E-state index is 0.690. The van der Waals surface area contributed by atoms with Gasteiger partial charge in [0, 0.05) is 0 Å². The van der Waals surface area contributed by atoms with Crippen molar-refractivity contribution in [2.75, 3.05) is 0 Å². The maximum Gasteiger partial charge on any atom is 0.0790 e. The number of alkyl halides is 2. The monoisotopic (exact) mass is 334 g/mol. The molecule has 8 heavy (non-hydrogen) atoms. The van der Waals surface area contributed by atoms with Crippen LogP contribution in [-0.4, -0.2) is 1.43 Å². The van der Waals surface area contributed by atoms with Crippen molar-refractivity contribution in [3.63, 3.8) is 0 Å². The molecule has 2 heteroatoms. The molecule has 0 aromatic heterocycles. The van der Waals surface area contributed by atoms with Crippen molar-refractivity contribution in [1.29, 1.82) is 0 Å². The first-order valence-electron chi connectivity index (χ1n) is 3.09. The van der Waals surface area contributed by atoms with Crippen LogP contribution in [0, 0.1) is 11.8 Å². The molecule has 0 aromatic carbocycles. The number of hydrogen-bond donors (Lipinski definition) is 0. The molecule has 0 N–H and O–H groups in total. The van der Waals surface area contributed by atoms with E-state index in [2.05, 4.69) is 45.2 Å². The van der Waals surface area contributed by atoms with E-state index in [0.29, 0.717) is 1.43 Å². The Morgan fingerprint density at radius 1 is 1.12 bits per heavy atom. The van der Waals surface area contributed by atoms with Crippen LogP contribution in [0.25, 0.3) is 0 Å². The fourth-order valence-electron chi connectivity index (χ4n) is 1.85.